The van der Waals surface area contributed by atoms with Crippen LogP contribution in [0.5, 0.6) is 5.75 Å². The van der Waals surface area contributed by atoms with Gasteiger partial charge < -0.3 is 4.74 Å². The summed E-state index contributed by atoms with van der Waals surface area (Å²) in [5.41, 5.74) is 1.99. The number of methoxy groups -OCH3 is 1. The predicted molar refractivity (Wildman–Crippen MR) is 99.0 cm³/mol. The van der Waals surface area contributed by atoms with Crippen LogP contribution in [0, 0.1) is 0 Å². The third-order valence-corrected chi connectivity index (χ3v) is 4.40. The molecule has 0 atom stereocenters. The van der Waals surface area contributed by atoms with Crippen molar-refractivity contribution in [3.8, 4) is 16.3 Å². The minimum atomic E-state index is -0.184. The predicted octanol–water partition coefficient (Wildman–Crippen LogP) is 3.62. The molecule has 3 aromatic rings. The number of rotatable bonds is 4. The maximum Gasteiger partial charge on any atom is 0.283 e. The van der Waals surface area contributed by atoms with Crippen LogP contribution >= 0.6 is 11.3 Å². The van der Waals surface area contributed by atoms with Crippen LogP contribution in [0.1, 0.15) is 24.3 Å². The Morgan fingerprint density at radius 3 is 2.64 bits per heavy atom. The zero-order chi connectivity index (χ0) is 17.8. The molecule has 0 N–H and O–H groups in total. The van der Waals surface area contributed by atoms with E-state index in [-0.39, 0.29) is 11.9 Å². The summed E-state index contributed by atoms with van der Waals surface area (Å²) in [6.45, 7) is 3.96. The smallest absolute Gasteiger partial charge is 0.283 e. The highest BCUT2D eigenvalue weighted by molar-refractivity contribution is 7.13. The topological polar surface area (TPSA) is 56.5 Å². The number of ether oxygens (including phenoxy) is 1. The van der Waals surface area contributed by atoms with Crippen LogP contribution in [0.3, 0.4) is 0 Å². The third kappa shape index (κ3) is 3.85. The number of nitrogens with zero attached hydrogens (tertiary/aromatic N) is 3. The zero-order valence-corrected chi connectivity index (χ0v) is 15.2. The van der Waals surface area contributed by atoms with E-state index in [9.17, 15) is 4.79 Å². The van der Waals surface area contributed by atoms with Gasteiger partial charge in [0.15, 0.2) is 0 Å². The van der Waals surface area contributed by atoms with Crippen LogP contribution in [0.15, 0.2) is 59.0 Å². The van der Waals surface area contributed by atoms with E-state index in [4.69, 9.17) is 4.74 Å². The summed E-state index contributed by atoms with van der Waals surface area (Å²) < 4.78 is 6.70. The molecule has 25 heavy (non-hydrogen) atoms. The van der Waals surface area contributed by atoms with Crippen LogP contribution in [0.25, 0.3) is 10.6 Å². The molecule has 0 aliphatic carbocycles. The summed E-state index contributed by atoms with van der Waals surface area (Å²) in [6, 6.07) is 13.2. The largest absolute Gasteiger partial charge is 0.497 e. The first-order chi connectivity index (χ1) is 12.1. The summed E-state index contributed by atoms with van der Waals surface area (Å²) in [7, 11) is 1.63. The highest BCUT2D eigenvalue weighted by Crippen LogP contribution is 2.25. The summed E-state index contributed by atoms with van der Waals surface area (Å²) in [6.07, 6.45) is 1.72. The number of thiazole rings is 1. The Hall–Kier alpha value is -2.73. The minimum absolute atomic E-state index is 0.103. The van der Waals surface area contributed by atoms with E-state index < -0.39 is 0 Å². The van der Waals surface area contributed by atoms with Gasteiger partial charge in [-0.15, -0.1) is 11.3 Å². The van der Waals surface area contributed by atoms with E-state index in [0.717, 1.165) is 16.3 Å². The summed E-state index contributed by atoms with van der Waals surface area (Å²) in [5, 5.41) is 2.58. The number of hydrogen-bond donors (Lipinski definition) is 0. The minimum Gasteiger partial charge on any atom is -0.497 e. The molecular weight excluding hydrogens is 334 g/mol. The molecule has 0 bridgehead atoms. The highest BCUT2D eigenvalue weighted by atomic mass is 32.1. The van der Waals surface area contributed by atoms with E-state index in [1.54, 1.807) is 18.7 Å². The second-order valence-corrected chi connectivity index (χ2v) is 6.58. The molecule has 0 saturated carbocycles. The van der Waals surface area contributed by atoms with E-state index in [2.05, 4.69) is 9.98 Å². The van der Waals surface area contributed by atoms with Gasteiger partial charge in [0.1, 0.15) is 21.9 Å². The fraction of sp³-hybridized carbons (Fsp3) is 0.211. The van der Waals surface area contributed by atoms with Crippen LogP contribution in [0.2, 0.25) is 0 Å². The van der Waals surface area contributed by atoms with Crippen LogP contribution < -0.4 is 10.2 Å². The van der Waals surface area contributed by atoms with Gasteiger partial charge in [-0.25, -0.2) is 4.98 Å². The quantitative estimate of drug-likeness (QED) is 0.720. The number of carbonyl (C=O) groups is 1. The molecule has 3 rings (SSSR count). The van der Waals surface area contributed by atoms with Gasteiger partial charge >= 0.3 is 0 Å². The van der Waals surface area contributed by atoms with Gasteiger partial charge in [0.2, 0.25) is 0 Å². The van der Waals surface area contributed by atoms with Crippen molar-refractivity contribution in [1.82, 2.24) is 9.55 Å². The molecule has 2 heterocycles. The number of hydrogen-bond acceptors (Lipinski definition) is 5. The molecule has 2 aromatic heterocycles. The van der Waals surface area contributed by atoms with Crippen molar-refractivity contribution in [3.63, 3.8) is 0 Å². The molecule has 0 saturated heterocycles. The van der Waals surface area contributed by atoms with E-state index >= 15 is 0 Å². The highest BCUT2D eigenvalue weighted by Gasteiger charge is 2.14. The fourth-order valence-electron chi connectivity index (χ4n) is 2.34. The van der Waals surface area contributed by atoms with Crippen LogP contribution in [-0.2, 0) is 0 Å². The van der Waals surface area contributed by atoms with Crippen molar-refractivity contribution in [2.24, 2.45) is 4.99 Å². The molecule has 5 nitrogen and oxygen atoms in total. The number of benzene rings is 1. The van der Waals surface area contributed by atoms with Crippen molar-refractivity contribution in [2.75, 3.05) is 7.11 Å². The molecule has 128 valence electrons. The molecule has 1 aromatic carbocycles. The zero-order valence-electron chi connectivity index (χ0n) is 14.3. The monoisotopic (exact) mass is 353 g/mol. The first-order valence-electron chi connectivity index (χ1n) is 7.94. The SMILES string of the molecule is COc1ccc(-c2nc(C(=O)n3ccccc3=NC(C)C)cs2)cc1. The molecule has 0 spiro atoms. The van der Waals surface area contributed by atoms with Crippen molar-refractivity contribution < 1.29 is 9.53 Å². The Morgan fingerprint density at radius 1 is 1.20 bits per heavy atom. The van der Waals surface area contributed by atoms with Crippen molar-refractivity contribution in [1.29, 1.82) is 0 Å². The third-order valence-electron chi connectivity index (χ3n) is 3.51. The van der Waals surface area contributed by atoms with Gasteiger partial charge in [0.25, 0.3) is 5.91 Å². The molecule has 0 unspecified atom stereocenters. The summed E-state index contributed by atoms with van der Waals surface area (Å²) in [4.78, 5) is 21.8. The van der Waals surface area contributed by atoms with Crippen molar-refractivity contribution in [3.05, 3.63) is 65.2 Å². The standard InChI is InChI=1S/C19H19N3O2S/c1-13(2)20-17-6-4-5-11-22(17)19(23)16-12-25-18(21-16)14-7-9-15(24-3)10-8-14/h4-13H,1-3H3. The Kier molecular flexibility index (Phi) is 5.09. The van der Waals surface area contributed by atoms with Gasteiger partial charge in [-0.05, 0) is 50.2 Å². The van der Waals surface area contributed by atoms with Gasteiger partial charge in [-0.3, -0.25) is 14.4 Å². The van der Waals surface area contributed by atoms with E-state index in [1.807, 2.05) is 56.3 Å². The van der Waals surface area contributed by atoms with Gasteiger partial charge in [0, 0.05) is 23.2 Å². The lowest BCUT2D eigenvalue weighted by molar-refractivity contribution is 0.0950. The lowest BCUT2D eigenvalue weighted by Crippen LogP contribution is -2.28. The maximum absolute atomic E-state index is 12.8. The average molecular weight is 353 g/mol. The molecule has 0 amide bonds. The lowest BCUT2D eigenvalue weighted by atomic mass is 10.2. The Morgan fingerprint density at radius 2 is 1.96 bits per heavy atom. The average Bonchev–Trinajstić information content (AvgIpc) is 3.11. The maximum atomic E-state index is 12.8. The van der Waals surface area contributed by atoms with Gasteiger partial charge in [-0.2, -0.15) is 0 Å². The van der Waals surface area contributed by atoms with Crippen LogP contribution in [0.4, 0.5) is 0 Å². The first-order valence-corrected chi connectivity index (χ1v) is 8.82. The Balaban J connectivity index is 1.93. The summed E-state index contributed by atoms with van der Waals surface area (Å²) in [5.74, 6) is 0.604. The molecule has 0 aliphatic heterocycles. The van der Waals surface area contributed by atoms with E-state index in [0.29, 0.717) is 11.2 Å². The molecule has 0 radical (unpaired) electrons. The van der Waals surface area contributed by atoms with Crippen molar-refractivity contribution in [2.45, 2.75) is 19.9 Å². The summed E-state index contributed by atoms with van der Waals surface area (Å²) >= 11 is 1.44. The molecule has 6 heteroatoms. The second-order valence-electron chi connectivity index (χ2n) is 5.72. The molecule has 0 aliphatic rings. The number of aromatic nitrogens is 2. The molecular formula is C19H19N3O2S. The molecule has 0 fully saturated rings. The Labute approximate surface area is 150 Å². The second kappa shape index (κ2) is 7.44. The number of carbonyl (C=O) groups excluding carboxylic acids is 1. The lowest BCUT2D eigenvalue weighted by Gasteiger charge is -2.05. The Bertz CT molecular complexity index is 940. The van der Waals surface area contributed by atoms with E-state index in [1.165, 1.54) is 15.9 Å². The van der Waals surface area contributed by atoms with Gasteiger partial charge in [0.05, 0.1) is 7.11 Å². The normalized spacial score (nSPS) is 11.8. The number of pyridine rings is 1. The first kappa shape index (κ1) is 17.1. The fourth-order valence-corrected chi connectivity index (χ4v) is 3.14. The van der Waals surface area contributed by atoms with Gasteiger partial charge in [-0.1, -0.05) is 6.07 Å². The van der Waals surface area contributed by atoms with Crippen molar-refractivity contribution >= 4 is 17.2 Å². The van der Waals surface area contributed by atoms with Crippen LogP contribution in [-0.4, -0.2) is 28.6 Å².